The molecule has 4 heteroatoms. The van der Waals surface area contributed by atoms with E-state index in [2.05, 4.69) is 43.4 Å². The molecule has 0 aliphatic rings. The number of amides is 1. The summed E-state index contributed by atoms with van der Waals surface area (Å²) in [4.78, 5) is 14.6. The van der Waals surface area contributed by atoms with Crippen LogP contribution < -0.4 is 5.32 Å². The molecule has 0 bridgehead atoms. The molecule has 0 saturated heterocycles. The van der Waals surface area contributed by atoms with Gasteiger partial charge in [0.2, 0.25) is 5.91 Å². The second-order valence-corrected chi connectivity index (χ2v) is 6.41. The Morgan fingerprint density at radius 2 is 1.95 bits per heavy atom. The van der Waals surface area contributed by atoms with Crippen LogP contribution in [0.15, 0.2) is 29.2 Å². The highest BCUT2D eigenvalue weighted by Gasteiger charge is 2.06. The summed E-state index contributed by atoms with van der Waals surface area (Å²) >= 11 is 1.60. The van der Waals surface area contributed by atoms with E-state index in [0.717, 1.165) is 24.5 Å². The van der Waals surface area contributed by atoms with Gasteiger partial charge in [0.25, 0.3) is 0 Å². The predicted octanol–water partition coefficient (Wildman–Crippen LogP) is 3.00. The molecular weight excluding hydrogens is 268 g/mol. The topological polar surface area (TPSA) is 32.3 Å². The molecule has 1 amide bonds. The number of nitrogens with zero attached hydrogens (tertiary/aromatic N) is 1. The van der Waals surface area contributed by atoms with Gasteiger partial charge in [0.05, 0.1) is 5.75 Å². The van der Waals surface area contributed by atoms with Gasteiger partial charge in [-0.15, -0.1) is 11.8 Å². The zero-order valence-electron chi connectivity index (χ0n) is 13.0. The molecule has 1 aromatic carbocycles. The second kappa shape index (κ2) is 9.03. The molecule has 3 nitrogen and oxygen atoms in total. The van der Waals surface area contributed by atoms with Crippen molar-refractivity contribution in [3.63, 3.8) is 0 Å². The van der Waals surface area contributed by atoms with Crippen molar-refractivity contribution < 1.29 is 4.79 Å². The Kier molecular flexibility index (Phi) is 7.70. The van der Waals surface area contributed by atoms with E-state index in [1.807, 2.05) is 14.0 Å². The molecule has 0 aliphatic heterocycles. The molecule has 0 heterocycles. The number of rotatable bonds is 8. The summed E-state index contributed by atoms with van der Waals surface area (Å²) < 4.78 is 0. The van der Waals surface area contributed by atoms with E-state index in [-0.39, 0.29) is 5.91 Å². The number of nitrogens with one attached hydrogen (secondary N) is 1. The van der Waals surface area contributed by atoms with Gasteiger partial charge >= 0.3 is 0 Å². The van der Waals surface area contributed by atoms with Gasteiger partial charge in [-0.2, -0.15) is 0 Å². The van der Waals surface area contributed by atoms with E-state index >= 15 is 0 Å². The number of benzene rings is 1. The Balaban J connectivity index is 2.37. The molecule has 0 radical (unpaired) electrons. The van der Waals surface area contributed by atoms with Crippen LogP contribution in [-0.2, 0) is 11.3 Å². The molecule has 0 fully saturated rings. The monoisotopic (exact) mass is 294 g/mol. The summed E-state index contributed by atoms with van der Waals surface area (Å²) in [7, 11) is 1.84. The van der Waals surface area contributed by atoms with Gasteiger partial charge in [-0.25, -0.2) is 0 Å². The molecule has 20 heavy (non-hydrogen) atoms. The summed E-state index contributed by atoms with van der Waals surface area (Å²) in [5.74, 6) is 1.36. The van der Waals surface area contributed by atoms with Gasteiger partial charge in [0.15, 0.2) is 0 Å². The first-order chi connectivity index (χ1) is 9.52. The first-order valence-electron chi connectivity index (χ1n) is 7.19. The maximum atomic E-state index is 11.7. The third kappa shape index (κ3) is 6.44. The fraction of sp³-hybridized carbons (Fsp3) is 0.562. The highest BCUT2D eigenvalue weighted by Crippen LogP contribution is 2.18. The number of carbonyl (C=O) groups is 1. The molecule has 112 valence electrons. The number of carbonyl (C=O) groups excluding carboxylic acids is 1. The maximum absolute atomic E-state index is 11.7. The van der Waals surface area contributed by atoms with Gasteiger partial charge in [-0.05, 0) is 37.1 Å². The molecular formula is C16H26N2OS. The summed E-state index contributed by atoms with van der Waals surface area (Å²) in [5, 5.41) is 3.43. The average molecular weight is 294 g/mol. The number of hydrogen-bond acceptors (Lipinski definition) is 3. The van der Waals surface area contributed by atoms with Crippen molar-refractivity contribution in [3.05, 3.63) is 29.8 Å². The molecule has 1 N–H and O–H groups in total. The smallest absolute Gasteiger partial charge is 0.232 e. The van der Waals surface area contributed by atoms with Gasteiger partial charge < -0.3 is 10.2 Å². The lowest BCUT2D eigenvalue weighted by molar-refractivity contribution is -0.126. The van der Waals surface area contributed by atoms with Gasteiger partial charge in [-0.1, -0.05) is 26.0 Å². The molecule has 0 spiro atoms. The molecule has 0 atom stereocenters. The standard InChI is InChI=1S/C16H26N2OS/c1-5-18(4)16(19)12-20-15-8-6-14(7-9-15)11-17-10-13(2)3/h6-9,13,17H,5,10-12H2,1-4H3. The number of hydrogen-bond donors (Lipinski definition) is 1. The van der Waals surface area contributed by atoms with Gasteiger partial charge in [0, 0.05) is 25.0 Å². The Bertz CT molecular complexity index is 403. The van der Waals surface area contributed by atoms with Crippen LogP contribution in [0.4, 0.5) is 0 Å². The fourth-order valence-electron chi connectivity index (χ4n) is 1.64. The highest BCUT2D eigenvalue weighted by molar-refractivity contribution is 8.00. The lowest BCUT2D eigenvalue weighted by atomic mass is 10.2. The van der Waals surface area contributed by atoms with Crippen LogP contribution in [0.5, 0.6) is 0 Å². The Hall–Kier alpha value is -1.00. The molecule has 0 aliphatic carbocycles. The minimum Gasteiger partial charge on any atom is -0.345 e. The maximum Gasteiger partial charge on any atom is 0.232 e. The van der Waals surface area contributed by atoms with E-state index < -0.39 is 0 Å². The molecule has 1 aromatic rings. The zero-order valence-corrected chi connectivity index (χ0v) is 13.8. The summed E-state index contributed by atoms with van der Waals surface area (Å²) in [6.45, 7) is 9.10. The van der Waals surface area contributed by atoms with E-state index in [0.29, 0.717) is 11.7 Å². The quantitative estimate of drug-likeness (QED) is 0.748. The molecule has 0 unspecified atom stereocenters. The van der Waals surface area contributed by atoms with E-state index in [9.17, 15) is 4.79 Å². The zero-order chi connectivity index (χ0) is 15.0. The first kappa shape index (κ1) is 17.1. The Labute approximate surface area is 127 Å². The lowest BCUT2D eigenvalue weighted by Gasteiger charge is -2.14. The van der Waals surface area contributed by atoms with Crippen LogP contribution in [0.3, 0.4) is 0 Å². The summed E-state index contributed by atoms with van der Waals surface area (Å²) in [6, 6.07) is 8.44. The van der Waals surface area contributed by atoms with Crippen LogP contribution in [0.25, 0.3) is 0 Å². The fourth-order valence-corrected chi connectivity index (χ4v) is 2.48. The van der Waals surface area contributed by atoms with Crippen molar-refractivity contribution >= 4 is 17.7 Å². The summed E-state index contributed by atoms with van der Waals surface area (Å²) in [6.07, 6.45) is 0. The molecule has 0 saturated carbocycles. The summed E-state index contributed by atoms with van der Waals surface area (Å²) in [5.41, 5.74) is 1.28. The van der Waals surface area contributed by atoms with Crippen molar-refractivity contribution in [2.75, 3.05) is 25.9 Å². The van der Waals surface area contributed by atoms with Crippen molar-refractivity contribution in [1.29, 1.82) is 0 Å². The predicted molar refractivity (Wildman–Crippen MR) is 87.0 cm³/mol. The highest BCUT2D eigenvalue weighted by atomic mass is 32.2. The van der Waals surface area contributed by atoms with Crippen LogP contribution in [0, 0.1) is 5.92 Å². The minimum absolute atomic E-state index is 0.181. The normalized spacial score (nSPS) is 10.8. The van der Waals surface area contributed by atoms with Crippen molar-refractivity contribution in [2.45, 2.75) is 32.2 Å². The van der Waals surface area contributed by atoms with Crippen LogP contribution in [-0.4, -0.2) is 36.7 Å². The van der Waals surface area contributed by atoms with Crippen molar-refractivity contribution in [1.82, 2.24) is 10.2 Å². The van der Waals surface area contributed by atoms with Crippen molar-refractivity contribution in [2.24, 2.45) is 5.92 Å². The minimum atomic E-state index is 0.181. The van der Waals surface area contributed by atoms with E-state index in [1.165, 1.54) is 5.56 Å². The number of thioether (sulfide) groups is 1. The largest absolute Gasteiger partial charge is 0.345 e. The second-order valence-electron chi connectivity index (χ2n) is 5.37. The van der Waals surface area contributed by atoms with Gasteiger partial charge in [0.1, 0.15) is 0 Å². The molecule has 1 rings (SSSR count). The Morgan fingerprint density at radius 1 is 1.30 bits per heavy atom. The van der Waals surface area contributed by atoms with Crippen LogP contribution in [0.1, 0.15) is 26.3 Å². The Morgan fingerprint density at radius 3 is 2.50 bits per heavy atom. The third-order valence-corrected chi connectivity index (χ3v) is 4.06. The average Bonchev–Trinajstić information content (AvgIpc) is 2.44. The lowest BCUT2D eigenvalue weighted by Crippen LogP contribution is -2.27. The van der Waals surface area contributed by atoms with Crippen LogP contribution >= 0.6 is 11.8 Å². The van der Waals surface area contributed by atoms with Crippen LogP contribution in [0.2, 0.25) is 0 Å². The third-order valence-electron chi connectivity index (χ3n) is 3.07. The van der Waals surface area contributed by atoms with E-state index in [4.69, 9.17) is 0 Å². The first-order valence-corrected chi connectivity index (χ1v) is 8.18. The van der Waals surface area contributed by atoms with E-state index in [1.54, 1.807) is 16.7 Å². The van der Waals surface area contributed by atoms with Crippen molar-refractivity contribution in [3.8, 4) is 0 Å². The van der Waals surface area contributed by atoms with Gasteiger partial charge in [-0.3, -0.25) is 4.79 Å². The SMILES string of the molecule is CCN(C)C(=O)CSc1ccc(CNCC(C)C)cc1. The molecule has 0 aromatic heterocycles.